The van der Waals surface area contributed by atoms with Crippen LogP contribution in [0.2, 0.25) is 5.02 Å². The van der Waals surface area contributed by atoms with Gasteiger partial charge >= 0.3 is 6.01 Å². The number of methoxy groups -OCH3 is 2. The highest BCUT2D eigenvalue weighted by atomic mass is 35.5. The summed E-state index contributed by atoms with van der Waals surface area (Å²) in [6.45, 7) is 0. The Morgan fingerprint density at radius 1 is 1.32 bits per heavy atom. The lowest BCUT2D eigenvalue weighted by Gasteiger charge is -2.09. The van der Waals surface area contributed by atoms with E-state index < -0.39 is 0 Å². The molecule has 6 nitrogen and oxygen atoms in total. The van der Waals surface area contributed by atoms with Crippen LogP contribution in [0.4, 0.5) is 5.69 Å². The molecule has 0 saturated heterocycles. The van der Waals surface area contributed by atoms with Crippen LogP contribution in [0.1, 0.15) is 12.0 Å². The summed E-state index contributed by atoms with van der Waals surface area (Å²) in [6, 6.07) is 7.59. The first-order valence-corrected chi connectivity index (χ1v) is 6.99. The van der Waals surface area contributed by atoms with Crippen molar-refractivity contribution in [2.75, 3.05) is 19.5 Å². The number of amides is 1. The SMILES string of the molecule is COc1ncc(NC(=O)CCc2cccc(Cl)c2)c(OC)n1. The van der Waals surface area contributed by atoms with Crippen molar-refractivity contribution in [3.05, 3.63) is 41.0 Å². The van der Waals surface area contributed by atoms with Gasteiger partial charge in [0, 0.05) is 11.4 Å². The first-order chi connectivity index (χ1) is 10.6. The lowest BCUT2D eigenvalue weighted by Crippen LogP contribution is -2.14. The molecule has 0 aliphatic rings. The fraction of sp³-hybridized carbons (Fsp3) is 0.267. The number of nitrogens with zero attached hydrogens (tertiary/aromatic N) is 2. The number of hydrogen-bond donors (Lipinski definition) is 1. The summed E-state index contributed by atoms with van der Waals surface area (Å²) in [6.07, 6.45) is 2.35. The van der Waals surface area contributed by atoms with Crippen molar-refractivity contribution in [1.29, 1.82) is 0 Å². The number of carbonyl (C=O) groups excluding carboxylic acids is 1. The molecule has 0 unspecified atom stereocenters. The van der Waals surface area contributed by atoms with Crippen molar-refractivity contribution in [3.63, 3.8) is 0 Å². The van der Waals surface area contributed by atoms with Crippen LogP contribution in [0.3, 0.4) is 0 Å². The molecular formula is C15H16ClN3O3. The first-order valence-electron chi connectivity index (χ1n) is 6.61. The van der Waals surface area contributed by atoms with Crippen molar-refractivity contribution in [2.45, 2.75) is 12.8 Å². The number of nitrogens with one attached hydrogen (secondary N) is 1. The second-order valence-corrected chi connectivity index (χ2v) is 4.89. The van der Waals surface area contributed by atoms with Crippen LogP contribution >= 0.6 is 11.6 Å². The van der Waals surface area contributed by atoms with E-state index in [1.807, 2.05) is 18.2 Å². The van der Waals surface area contributed by atoms with E-state index in [0.29, 0.717) is 23.6 Å². The fourth-order valence-electron chi connectivity index (χ4n) is 1.85. The van der Waals surface area contributed by atoms with Crippen molar-refractivity contribution >= 4 is 23.2 Å². The maximum Gasteiger partial charge on any atom is 0.319 e. The summed E-state index contributed by atoms with van der Waals surface area (Å²) in [4.78, 5) is 20.0. The Hall–Kier alpha value is -2.34. The van der Waals surface area contributed by atoms with Crippen LogP contribution in [0, 0.1) is 0 Å². The fourth-order valence-corrected chi connectivity index (χ4v) is 2.07. The Morgan fingerprint density at radius 2 is 2.14 bits per heavy atom. The summed E-state index contributed by atoms with van der Waals surface area (Å²) >= 11 is 5.91. The van der Waals surface area contributed by atoms with E-state index in [1.165, 1.54) is 20.4 Å². The van der Waals surface area contributed by atoms with Gasteiger partial charge in [0.2, 0.25) is 11.8 Å². The zero-order valence-corrected chi connectivity index (χ0v) is 13.1. The highest BCUT2D eigenvalue weighted by Gasteiger charge is 2.11. The molecule has 1 aromatic heterocycles. The first kappa shape index (κ1) is 16.0. The zero-order valence-electron chi connectivity index (χ0n) is 12.3. The number of benzene rings is 1. The largest absolute Gasteiger partial charge is 0.479 e. The highest BCUT2D eigenvalue weighted by molar-refractivity contribution is 6.30. The number of hydrogen-bond acceptors (Lipinski definition) is 5. The van der Waals surface area contributed by atoms with Gasteiger partial charge in [0.25, 0.3) is 0 Å². The molecule has 22 heavy (non-hydrogen) atoms. The van der Waals surface area contributed by atoms with Crippen LogP contribution in [0.5, 0.6) is 11.9 Å². The number of carbonyl (C=O) groups is 1. The normalized spacial score (nSPS) is 10.1. The van der Waals surface area contributed by atoms with Crippen molar-refractivity contribution in [2.24, 2.45) is 0 Å². The lowest BCUT2D eigenvalue weighted by molar-refractivity contribution is -0.116. The van der Waals surface area contributed by atoms with Crippen LogP contribution in [-0.4, -0.2) is 30.1 Å². The number of ether oxygens (including phenoxy) is 2. The van der Waals surface area contributed by atoms with E-state index in [0.717, 1.165) is 5.56 Å². The maximum absolute atomic E-state index is 12.0. The summed E-state index contributed by atoms with van der Waals surface area (Å²) in [7, 11) is 2.92. The summed E-state index contributed by atoms with van der Waals surface area (Å²) in [5.74, 6) is 0.0926. The molecule has 7 heteroatoms. The molecule has 0 bridgehead atoms. The second-order valence-electron chi connectivity index (χ2n) is 4.46. The van der Waals surface area contributed by atoms with Crippen molar-refractivity contribution in [1.82, 2.24) is 9.97 Å². The lowest BCUT2D eigenvalue weighted by atomic mass is 10.1. The molecule has 0 spiro atoms. The molecule has 2 rings (SSSR count). The monoisotopic (exact) mass is 321 g/mol. The van der Waals surface area contributed by atoms with Gasteiger partial charge in [-0.1, -0.05) is 23.7 Å². The number of anilines is 1. The van der Waals surface area contributed by atoms with E-state index in [1.54, 1.807) is 6.07 Å². The molecule has 116 valence electrons. The van der Waals surface area contributed by atoms with Crippen molar-refractivity contribution in [3.8, 4) is 11.9 Å². The van der Waals surface area contributed by atoms with E-state index in [2.05, 4.69) is 15.3 Å². The minimum absolute atomic E-state index is 0.160. The van der Waals surface area contributed by atoms with Gasteiger partial charge < -0.3 is 14.8 Å². The standard InChI is InChI=1S/C15H16ClN3O3/c1-21-14-12(9-17-15(19-14)22-2)18-13(20)7-6-10-4-3-5-11(16)8-10/h3-5,8-9H,6-7H2,1-2H3,(H,18,20). The molecule has 0 aliphatic heterocycles. The zero-order chi connectivity index (χ0) is 15.9. The average Bonchev–Trinajstić information content (AvgIpc) is 2.53. The van der Waals surface area contributed by atoms with Gasteiger partial charge in [0.15, 0.2) is 0 Å². The summed E-state index contributed by atoms with van der Waals surface area (Å²) in [5, 5.41) is 3.38. The van der Waals surface area contributed by atoms with Gasteiger partial charge in [0.1, 0.15) is 5.69 Å². The number of halogens is 1. The Labute approximate surface area is 133 Å². The number of rotatable bonds is 6. The third kappa shape index (κ3) is 4.33. The summed E-state index contributed by atoms with van der Waals surface area (Å²) < 4.78 is 10.0. The molecule has 0 saturated carbocycles. The Morgan fingerprint density at radius 3 is 2.82 bits per heavy atom. The van der Waals surface area contributed by atoms with Gasteiger partial charge in [0.05, 0.1) is 20.4 Å². The summed E-state index contributed by atoms with van der Waals surface area (Å²) in [5.41, 5.74) is 1.40. The topological polar surface area (TPSA) is 73.3 Å². The minimum Gasteiger partial charge on any atom is -0.479 e. The van der Waals surface area contributed by atoms with Crippen molar-refractivity contribution < 1.29 is 14.3 Å². The predicted molar refractivity (Wildman–Crippen MR) is 83.5 cm³/mol. The van der Waals surface area contributed by atoms with Crippen LogP contribution in [0.15, 0.2) is 30.5 Å². The number of aromatic nitrogens is 2. The Kier molecular flexibility index (Phi) is 5.55. The molecule has 0 radical (unpaired) electrons. The highest BCUT2D eigenvalue weighted by Crippen LogP contribution is 2.22. The van der Waals surface area contributed by atoms with E-state index in [9.17, 15) is 4.79 Å². The molecule has 0 aliphatic carbocycles. The van der Waals surface area contributed by atoms with Crippen LogP contribution in [0.25, 0.3) is 0 Å². The Bertz CT molecular complexity index is 664. The molecule has 1 aromatic carbocycles. The molecule has 1 heterocycles. The van der Waals surface area contributed by atoms with Gasteiger partial charge in [-0.05, 0) is 24.1 Å². The third-order valence-electron chi connectivity index (χ3n) is 2.91. The van der Waals surface area contributed by atoms with Gasteiger partial charge in [-0.25, -0.2) is 4.98 Å². The van der Waals surface area contributed by atoms with Gasteiger partial charge in [-0.15, -0.1) is 0 Å². The van der Waals surface area contributed by atoms with Crippen LogP contribution < -0.4 is 14.8 Å². The number of aryl methyl sites for hydroxylation is 1. The van der Waals surface area contributed by atoms with E-state index in [-0.39, 0.29) is 17.8 Å². The Balaban J connectivity index is 1.97. The second kappa shape index (κ2) is 7.61. The average molecular weight is 322 g/mol. The predicted octanol–water partition coefficient (Wildman–Crippen LogP) is 2.72. The molecule has 0 fully saturated rings. The quantitative estimate of drug-likeness (QED) is 0.885. The minimum atomic E-state index is -0.160. The maximum atomic E-state index is 12.0. The molecule has 1 amide bonds. The smallest absolute Gasteiger partial charge is 0.319 e. The third-order valence-corrected chi connectivity index (χ3v) is 3.15. The van der Waals surface area contributed by atoms with Crippen LogP contribution in [-0.2, 0) is 11.2 Å². The van der Waals surface area contributed by atoms with E-state index in [4.69, 9.17) is 21.1 Å². The molecule has 2 aromatic rings. The molecular weight excluding hydrogens is 306 g/mol. The van der Waals surface area contributed by atoms with Gasteiger partial charge in [-0.2, -0.15) is 4.98 Å². The molecule has 1 N–H and O–H groups in total. The van der Waals surface area contributed by atoms with Gasteiger partial charge in [-0.3, -0.25) is 4.79 Å². The van der Waals surface area contributed by atoms with E-state index >= 15 is 0 Å². The molecule has 0 atom stereocenters.